The molecule has 26 heavy (non-hydrogen) atoms. The van der Waals surface area contributed by atoms with Crippen molar-refractivity contribution in [2.75, 3.05) is 11.5 Å². The van der Waals surface area contributed by atoms with Crippen LogP contribution < -0.4 is 0 Å². The van der Waals surface area contributed by atoms with Crippen LogP contribution in [0.5, 0.6) is 0 Å². The second-order valence-electron chi connectivity index (χ2n) is 8.58. The van der Waals surface area contributed by atoms with Crippen molar-refractivity contribution in [2.24, 2.45) is 5.92 Å². The van der Waals surface area contributed by atoms with Crippen LogP contribution in [-0.4, -0.2) is 15.6 Å². The van der Waals surface area contributed by atoms with Crippen molar-refractivity contribution in [3.05, 3.63) is 0 Å². The lowest BCUT2D eigenvalue weighted by molar-refractivity contribution is 0.383. The van der Waals surface area contributed by atoms with Gasteiger partial charge in [-0.1, -0.05) is 104 Å². The minimum atomic E-state index is 0.517. The Bertz CT molecular complexity index is 297. The van der Waals surface area contributed by atoms with Crippen LogP contribution in [0.25, 0.3) is 0 Å². The predicted octanol–water partition coefficient (Wildman–Crippen LogP) is 9.47. The van der Waals surface area contributed by atoms with E-state index in [1.54, 1.807) is 0 Å². The van der Waals surface area contributed by atoms with Crippen LogP contribution in [0.4, 0.5) is 0 Å². The molecule has 156 valence electrons. The highest BCUT2D eigenvalue weighted by Gasteiger charge is 2.36. The van der Waals surface area contributed by atoms with Gasteiger partial charge in [-0.2, -0.15) is 0 Å². The summed E-state index contributed by atoms with van der Waals surface area (Å²) in [7, 11) is 0. The molecule has 0 aromatic carbocycles. The molecule has 0 saturated carbocycles. The second-order valence-corrected chi connectivity index (χ2v) is 11.9. The fraction of sp³-hybridized carbons (Fsp3) is 1.00. The molecule has 1 unspecified atom stereocenters. The average molecular weight is 401 g/mol. The van der Waals surface area contributed by atoms with Gasteiger partial charge < -0.3 is 0 Å². The Morgan fingerprint density at radius 1 is 0.615 bits per heavy atom. The molecule has 0 aromatic heterocycles. The molecule has 1 aliphatic rings. The summed E-state index contributed by atoms with van der Waals surface area (Å²) in [5, 5.41) is 0. The summed E-state index contributed by atoms with van der Waals surface area (Å²) in [6.45, 7) is 7.21. The molecule has 1 aliphatic heterocycles. The standard InChI is InChI=1S/C24H48S2/c1-4-6-8-10-12-13-15-17-20-23(19-16-14-11-9-7-5-2)24(3)25-21-18-22-26-24/h23H,4-22H2,1-3H3. The molecule has 1 heterocycles. The summed E-state index contributed by atoms with van der Waals surface area (Å²) >= 11 is 4.57. The summed E-state index contributed by atoms with van der Waals surface area (Å²) in [6, 6.07) is 0. The Morgan fingerprint density at radius 3 is 1.42 bits per heavy atom. The third-order valence-electron chi connectivity index (χ3n) is 6.12. The molecule has 0 aromatic rings. The molecule has 0 bridgehead atoms. The topological polar surface area (TPSA) is 0 Å². The van der Waals surface area contributed by atoms with E-state index in [9.17, 15) is 0 Å². The monoisotopic (exact) mass is 400 g/mol. The number of unbranched alkanes of at least 4 members (excludes halogenated alkanes) is 12. The van der Waals surface area contributed by atoms with Crippen molar-refractivity contribution >= 4 is 23.5 Å². The molecule has 0 amide bonds. The molecule has 0 aliphatic carbocycles. The molecule has 0 N–H and O–H groups in total. The van der Waals surface area contributed by atoms with E-state index in [4.69, 9.17) is 0 Å². The summed E-state index contributed by atoms with van der Waals surface area (Å²) in [5.74, 6) is 3.74. The first-order chi connectivity index (χ1) is 12.7. The lowest BCUT2D eigenvalue weighted by Gasteiger charge is -2.40. The number of hydrogen-bond donors (Lipinski definition) is 0. The molecule has 2 heteroatoms. The van der Waals surface area contributed by atoms with Gasteiger partial charge in [0.05, 0.1) is 4.08 Å². The van der Waals surface area contributed by atoms with Crippen molar-refractivity contribution in [3.63, 3.8) is 0 Å². The molecule has 1 atom stereocenters. The zero-order valence-electron chi connectivity index (χ0n) is 18.3. The van der Waals surface area contributed by atoms with Crippen LogP contribution in [0.1, 0.15) is 130 Å². The maximum absolute atomic E-state index is 2.58. The van der Waals surface area contributed by atoms with Gasteiger partial charge in [0.1, 0.15) is 0 Å². The largest absolute Gasteiger partial charge is 0.144 e. The first-order valence-corrected chi connectivity index (χ1v) is 14.0. The van der Waals surface area contributed by atoms with Gasteiger partial charge in [0.2, 0.25) is 0 Å². The first kappa shape index (κ1) is 24.7. The van der Waals surface area contributed by atoms with Gasteiger partial charge in [0.15, 0.2) is 0 Å². The molecule has 0 nitrogen and oxygen atoms in total. The maximum Gasteiger partial charge on any atom is 0.0611 e. The van der Waals surface area contributed by atoms with E-state index in [-0.39, 0.29) is 0 Å². The highest BCUT2D eigenvalue weighted by atomic mass is 32.2. The van der Waals surface area contributed by atoms with Crippen LogP contribution in [-0.2, 0) is 0 Å². The summed E-state index contributed by atoms with van der Waals surface area (Å²) < 4.78 is 0.517. The molecule has 1 rings (SSSR count). The molecule has 1 fully saturated rings. The Balaban J connectivity index is 2.24. The van der Waals surface area contributed by atoms with Crippen LogP contribution in [0.15, 0.2) is 0 Å². The van der Waals surface area contributed by atoms with Crippen LogP contribution in [0.3, 0.4) is 0 Å². The fourth-order valence-electron chi connectivity index (χ4n) is 4.25. The van der Waals surface area contributed by atoms with E-state index in [0.717, 1.165) is 5.92 Å². The molecule has 1 saturated heterocycles. The average Bonchev–Trinajstić information content (AvgIpc) is 2.65. The molecule has 0 spiro atoms. The van der Waals surface area contributed by atoms with E-state index in [0.29, 0.717) is 4.08 Å². The highest BCUT2D eigenvalue weighted by molar-refractivity contribution is 8.18. The van der Waals surface area contributed by atoms with E-state index in [1.807, 2.05) is 0 Å². The number of hydrogen-bond acceptors (Lipinski definition) is 2. The number of thioether (sulfide) groups is 2. The van der Waals surface area contributed by atoms with Gasteiger partial charge in [-0.3, -0.25) is 0 Å². The highest BCUT2D eigenvalue weighted by Crippen LogP contribution is 2.50. The zero-order valence-corrected chi connectivity index (χ0v) is 20.0. The Labute approximate surface area is 174 Å². The van der Waals surface area contributed by atoms with Crippen molar-refractivity contribution in [1.29, 1.82) is 0 Å². The minimum absolute atomic E-state index is 0.517. The Kier molecular flexibility index (Phi) is 15.8. The minimum Gasteiger partial charge on any atom is -0.144 e. The van der Waals surface area contributed by atoms with Crippen molar-refractivity contribution < 1.29 is 0 Å². The van der Waals surface area contributed by atoms with Gasteiger partial charge in [-0.05, 0) is 43.6 Å². The third-order valence-corrected chi connectivity index (χ3v) is 9.63. The zero-order chi connectivity index (χ0) is 18.9. The van der Waals surface area contributed by atoms with Crippen molar-refractivity contribution in [1.82, 2.24) is 0 Å². The van der Waals surface area contributed by atoms with E-state index >= 15 is 0 Å². The van der Waals surface area contributed by atoms with Crippen LogP contribution in [0.2, 0.25) is 0 Å². The van der Waals surface area contributed by atoms with Crippen LogP contribution in [0, 0.1) is 5.92 Å². The van der Waals surface area contributed by atoms with Gasteiger partial charge >= 0.3 is 0 Å². The summed E-state index contributed by atoms with van der Waals surface area (Å²) in [6.07, 6.45) is 24.7. The first-order valence-electron chi connectivity index (χ1n) is 12.0. The smallest absolute Gasteiger partial charge is 0.0611 e. The quantitative estimate of drug-likeness (QED) is 0.223. The Morgan fingerprint density at radius 2 is 1.00 bits per heavy atom. The molecule has 0 radical (unpaired) electrons. The van der Waals surface area contributed by atoms with Gasteiger partial charge in [-0.25, -0.2) is 0 Å². The van der Waals surface area contributed by atoms with Gasteiger partial charge in [0.25, 0.3) is 0 Å². The lowest BCUT2D eigenvalue weighted by Crippen LogP contribution is -2.31. The maximum atomic E-state index is 2.58. The summed E-state index contributed by atoms with van der Waals surface area (Å²) in [4.78, 5) is 0. The SMILES string of the molecule is CCCCCCCCCCC(CCCCCCCC)C1(C)SCCCS1. The normalized spacial score (nSPS) is 18.1. The van der Waals surface area contributed by atoms with Crippen molar-refractivity contribution in [2.45, 2.75) is 134 Å². The number of rotatable bonds is 17. The second kappa shape index (κ2) is 16.6. The predicted molar refractivity (Wildman–Crippen MR) is 127 cm³/mol. The molecular weight excluding hydrogens is 352 g/mol. The Hall–Kier alpha value is 0.700. The van der Waals surface area contributed by atoms with Gasteiger partial charge in [0, 0.05) is 0 Å². The van der Waals surface area contributed by atoms with E-state index in [1.165, 1.54) is 121 Å². The molecular formula is C24H48S2. The lowest BCUT2D eigenvalue weighted by atomic mass is 9.91. The van der Waals surface area contributed by atoms with E-state index in [2.05, 4.69) is 44.3 Å². The summed E-state index contributed by atoms with van der Waals surface area (Å²) in [5.41, 5.74) is 0. The van der Waals surface area contributed by atoms with Crippen molar-refractivity contribution in [3.8, 4) is 0 Å². The van der Waals surface area contributed by atoms with Gasteiger partial charge in [-0.15, -0.1) is 23.5 Å². The van der Waals surface area contributed by atoms with Crippen LogP contribution >= 0.6 is 23.5 Å². The fourth-order valence-corrected chi connectivity index (χ4v) is 7.60. The van der Waals surface area contributed by atoms with E-state index < -0.39 is 0 Å². The third kappa shape index (κ3) is 11.5.